The molecule has 0 unspecified atom stereocenters. The third kappa shape index (κ3) is 5.51. The Morgan fingerprint density at radius 3 is 1.19 bits per heavy atom. The van der Waals surface area contributed by atoms with Crippen LogP contribution in [0.4, 0.5) is 0 Å². The molecule has 0 amide bonds. The summed E-state index contributed by atoms with van der Waals surface area (Å²) in [6.45, 7) is 0.268. The van der Waals surface area contributed by atoms with Crippen LogP contribution in [0.15, 0.2) is 162 Å². The molecule has 11 heteroatoms. The zero-order valence-corrected chi connectivity index (χ0v) is 32.8. The van der Waals surface area contributed by atoms with Crippen LogP contribution in [0.2, 0.25) is 0 Å². The number of methoxy groups -OCH3 is 1. The van der Waals surface area contributed by atoms with E-state index in [1.54, 1.807) is 7.11 Å². The number of hydrogen-bond donors (Lipinski definition) is 0. The minimum Gasteiger partial charge on any atom is -0.399 e. The van der Waals surface area contributed by atoms with Gasteiger partial charge in [0, 0.05) is 28.7 Å². The maximum Gasteiger partial charge on any atom is 0.387 e. The first kappa shape index (κ1) is 34.4. The SMILES string of the molecule is CO[C@H]1O[C@@H]2CO[C@H]([C@H]1Op1oc3ccc4ccccc4c3c3c(ccc4ccccc43)o1)[C@@H]2Op1oc2ccc3ccccc3c2c2c(ccc3ccccc32)o1. The molecule has 12 rings (SSSR count). The highest BCUT2D eigenvalue weighted by Crippen LogP contribution is 2.46. The van der Waals surface area contributed by atoms with Crippen molar-refractivity contribution in [3.8, 4) is 0 Å². The van der Waals surface area contributed by atoms with Gasteiger partial charge in [0.2, 0.25) is 0 Å². The van der Waals surface area contributed by atoms with Crippen LogP contribution in [0.5, 0.6) is 0 Å². The molecule has 2 aromatic heterocycles. The first-order valence-electron chi connectivity index (χ1n) is 19.2. The van der Waals surface area contributed by atoms with Crippen LogP contribution in [0.3, 0.4) is 0 Å². The van der Waals surface area contributed by atoms with E-state index in [4.69, 9.17) is 40.0 Å². The van der Waals surface area contributed by atoms with Gasteiger partial charge >= 0.3 is 16.5 Å². The van der Waals surface area contributed by atoms with Crippen LogP contribution >= 0.6 is 16.5 Å². The number of hydrogen-bond acceptors (Lipinski definition) is 9. The van der Waals surface area contributed by atoms with Crippen LogP contribution in [0.25, 0.3) is 87.0 Å². The lowest BCUT2D eigenvalue weighted by atomic mass is 9.99. The lowest BCUT2D eigenvalue weighted by Crippen LogP contribution is -2.57. The van der Waals surface area contributed by atoms with Gasteiger partial charge in [0.1, 0.15) is 40.6 Å². The van der Waals surface area contributed by atoms with Gasteiger partial charge in [-0.15, -0.1) is 0 Å². The summed E-state index contributed by atoms with van der Waals surface area (Å²) in [4.78, 5) is 0. The van der Waals surface area contributed by atoms with Gasteiger partial charge in [-0.2, -0.15) is 0 Å². The van der Waals surface area contributed by atoms with Gasteiger partial charge in [-0.25, -0.2) is 0 Å². The number of fused-ring (bicyclic) bond motifs is 16. The Balaban J connectivity index is 0.990. The molecule has 0 spiro atoms. The molecule has 286 valence electrons. The summed E-state index contributed by atoms with van der Waals surface area (Å²) in [6.07, 6.45) is -3.30. The molecule has 0 saturated carbocycles. The van der Waals surface area contributed by atoms with E-state index in [2.05, 4.69) is 72.8 Å². The van der Waals surface area contributed by atoms with Gasteiger partial charge in [0.05, 0.1) is 6.61 Å². The molecule has 9 nitrogen and oxygen atoms in total. The Labute approximate surface area is 332 Å². The Morgan fingerprint density at radius 1 is 0.448 bits per heavy atom. The minimum atomic E-state index is -2.05. The smallest absolute Gasteiger partial charge is 0.387 e. The number of ether oxygens (including phenoxy) is 3. The van der Waals surface area contributed by atoms with Crippen molar-refractivity contribution < 1.29 is 40.0 Å². The second kappa shape index (κ2) is 13.8. The molecular formula is C47H34O9P2. The lowest BCUT2D eigenvalue weighted by Gasteiger charge is -2.37. The monoisotopic (exact) mass is 804 g/mol. The highest BCUT2D eigenvalue weighted by Gasteiger charge is 2.55. The van der Waals surface area contributed by atoms with Gasteiger partial charge in [-0.1, -0.05) is 121 Å². The maximum absolute atomic E-state index is 6.84. The van der Waals surface area contributed by atoms with Crippen molar-refractivity contribution in [1.29, 1.82) is 0 Å². The number of rotatable bonds is 5. The molecule has 2 fully saturated rings. The van der Waals surface area contributed by atoms with E-state index in [9.17, 15) is 0 Å². The van der Waals surface area contributed by atoms with Crippen LogP contribution in [-0.4, -0.2) is 44.4 Å². The average molecular weight is 805 g/mol. The topological polar surface area (TPSA) is 98.7 Å². The number of benzene rings is 8. The first-order valence-corrected chi connectivity index (χ1v) is 21.4. The molecule has 0 aliphatic carbocycles. The highest BCUT2D eigenvalue weighted by molar-refractivity contribution is 7.32. The minimum absolute atomic E-state index is 0.268. The van der Waals surface area contributed by atoms with E-state index in [0.717, 1.165) is 64.6 Å². The van der Waals surface area contributed by atoms with Crippen molar-refractivity contribution >= 4 is 103 Å². The summed E-state index contributed by atoms with van der Waals surface area (Å²) in [5.74, 6) is 0. The molecule has 8 aromatic carbocycles. The van der Waals surface area contributed by atoms with Crippen molar-refractivity contribution in [3.05, 3.63) is 146 Å². The summed E-state index contributed by atoms with van der Waals surface area (Å²) < 4.78 is 59.4. The summed E-state index contributed by atoms with van der Waals surface area (Å²) in [7, 11) is -2.45. The summed E-state index contributed by atoms with van der Waals surface area (Å²) in [5.41, 5.74) is 2.66. The zero-order chi connectivity index (χ0) is 38.3. The fourth-order valence-electron chi connectivity index (χ4n) is 8.82. The second-order valence-electron chi connectivity index (χ2n) is 14.7. The second-order valence-corrected chi connectivity index (χ2v) is 16.7. The van der Waals surface area contributed by atoms with E-state index in [-0.39, 0.29) is 6.61 Å². The predicted molar refractivity (Wildman–Crippen MR) is 229 cm³/mol. The van der Waals surface area contributed by atoms with E-state index in [1.807, 2.05) is 72.8 Å². The maximum atomic E-state index is 6.84. The normalized spacial score (nSPS) is 20.7. The van der Waals surface area contributed by atoms with E-state index >= 15 is 0 Å². The van der Waals surface area contributed by atoms with E-state index < -0.39 is 47.2 Å². The van der Waals surface area contributed by atoms with Gasteiger partial charge in [-0.3, -0.25) is 9.05 Å². The van der Waals surface area contributed by atoms with Crippen LogP contribution in [0, 0.1) is 0 Å². The van der Waals surface area contributed by atoms with Crippen LogP contribution in [-0.2, 0) is 14.2 Å². The zero-order valence-electron chi connectivity index (χ0n) is 31.0. The Hall–Kier alpha value is -5.60. The van der Waals surface area contributed by atoms with Crippen LogP contribution in [0.1, 0.15) is 0 Å². The molecule has 2 aliphatic rings. The molecule has 5 atom stereocenters. The van der Waals surface area contributed by atoms with Gasteiger partial charge < -0.3 is 31.0 Å². The molecular weight excluding hydrogens is 770 g/mol. The molecule has 2 aliphatic heterocycles. The molecule has 58 heavy (non-hydrogen) atoms. The van der Waals surface area contributed by atoms with Crippen molar-refractivity contribution in [2.75, 3.05) is 13.7 Å². The summed E-state index contributed by atoms with van der Waals surface area (Å²) >= 11 is 0. The predicted octanol–water partition coefficient (Wildman–Crippen LogP) is 12.6. The molecule has 2 bridgehead atoms. The molecule has 4 heterocycles. The quantitative estimate of drug-likeness (QED) is 0.168. The van der Waals surface area contributed by atoms with Crippen molar-refractivity contribution in [1.82, 2.24) is 0 Å². The highest BCUT2D eigenvalue weighted by atomic mass is 31.1. The molecule has 0 radical (unpaired) electrons. The van der Waals surface area contributed by atoms with Crippen molar-refractivity contribution in [3.63, 3.8) is 0 Å². The summed E-state index contributed by atoms with van der Waals surface area (Å²) in [5, 5.41) is 12.5. The first-order chi connectivity index (χ1) is 28.7. The molecule has 0 N–H and O–H groups in total. The van der Waals surface area contributed by atoms with E-state index in [0.29, 0.717) is 22.3 Å². The molecule has 10 aromatic rings. The van der Waals surface area contributed by atoms with Crippen LogP contribution < -0.4 is 9.05 Å². The van der Waals surface area contributed by atoms with Crippen molar-refractivity contribution in [2.24, 2.45) is 0 Å². The third-order valence-corrected chi connectivity index (χ3v) is 13.7. The third-order valence-electron chi connectivity index (χ3n) is 11.4. The van der Waals surface area contributed by atoms with Gasteiger partial charge in [-0.05, 0) is 67.4 Å². The Bertz CT molecular complexity index is 3150. The Kier molecular flexibility index (Phi) is 8.17. The molecule has 2 saturated heterocycles. The fourth-order valence-corrected chi connectivity index (χ4v) is 11.2. The van der Waals surface area contributed by atoms with Crippen molar-refractivity contribution in [2.45, 2.75) is 30.7 Å². The van der Waals surface area contributed by atoms with Gasteiger partial charge in [0.25, 0.3) is 0 Å². The van der Waals surface area contributed by atoms with E-state index in [1.165, 1.54) is 0 Å². The standard InChI is InChI=1S/C47H34O9P2/c1-48-47-46(56-58-53-37-24-20-29-12-4-8-16-33(29)42(37)43-34-17-9-5-13-30(34)21-25-38(43)54-58)45-44(39(50-47)26-49-45)55-57-51-35-22-18-27-10-2-6-14-31(27)40(35)41-32-15-7-3-11-28(32)19-23-36(41)52-57/h2-25,39,44-47H,26H2,1H3/t39-,44-,45+,46-,47+/m1/s1. The largest absolute Gasteiger partial charge is 0.399 e. The fraction of sp³-hybridized carbons (Fsp3) is 0.149. The summed E-state index contributed by atoms with van der Waals surface area (Å²) in [6, 6.07) is 49.5. The Morgan fingerprint density at radius 2 is 0.810 bits per heavy atom. The average Bonchev–Trinajstić information content (AvgIpc) is 3.38. The van der Waals surface area contributed by atoms with Gasteiger partial charge in [0.15, 0.2) is 12.4 Å². The lowest BCUT2D eigenvalue weighted by molar-refractivity contribution is -0.232.